The van der Waals surface area contributed by atoms with Gasteiger partial charge in [-0.05, 0) is 35.4 Å². The van der Waals surface area contributed by atoms with Crippen LogP contribution >= 0.6 is 0 Å². The molecule has 6 heteroatoms. The van der Waals surface area contributed by atoms with Gasteiger partial charge in [0.25, 0.3) is 0 Å². The van der Waals surface area contributed by atoms with Gasteiger partial charge in [-0.1, -0.05) is 54.6 Å². The van der Waals surface area contributed by atoms with Gasteiger partial charge in [0.1, 0.15) is 5.82 Å². The molecule has 0 aliphatic carbocycles. The van der Waals surface area contributed by atoms with E-state index < -0.39 is 10.8 Å². The molecule has 1 aliphatic heterocycles. The first kappa shape index (κ1) is 20.8. The maximum atomic E-state index is 14.8. The van der Waals surface area contributed by atoms with Crippen LogP contribution in [0.5, 0.6) is 0 Å². The molecule has 2 heterocycles. The molecule has 4 nitrogen and oxygen atoms in total. The van der Waals surface area contributed by atoms with Crippen LogP contribution < -0.4 is 0 Å². The van der Waals surface area contributed by atoms with E-state index in [2.05, 4.69) is 34.3 Å². The van der Waals surface area contributed by atoms with Crippen molar-refractivity contribution in [2.75, 3.05) is 24.6 Å². The zero-order valence-electron chi connectivity index (χ0n) is 17.7. The number of aromatic nitrogens is 2. The number of benzene rings is 3. The average Bonchev–Trinajstić information content (AvgIpc) is 3.25. The van der Waals surface area contributed by atoms with E-state index in [0.717, 1.165) is 41.2 Å². The summed E-state index contributed by atoms with van der Waals surface area (Å²) in [4.78, 5) is 2.27. The quantitative estimate of drug-likeness (QED) is 0.438. The van der Waals surface area contributed by atoms with Crippen molar-refractivity contribution in [1.29, 1.82) is 0 Å². The Hall–Kier alpha value is -3.09. The molecule has 5 rings (SSSR count). The number of hydrogen-bond acceptors (Lipinski definition) is 3. The molecule has 1 saturated heterocycles. The second-order valence-electron chi connectivity index (χ2n) is 7.95. The fourth-order valence-corrected chi connectivity index (χ4v) is 5.26. The van der Waals surface area contributed by atoms with Crippen LogP contribution in [0.4, 0.5) is 4.39 Å². The summed E-state index contributed by atoms with van der Waals surface area (Å²) in [5.41, 5.74) is 5.42. The van der Waals surface area contributed by atoms with Gasteiger partial charge in [0.05, 0.1) is 17.6 Å². The maximum Gasteiger partial charge on any atom is 0.132 e. The Labute approximate surface area is 189 Å². The lowest BCUT2D eigenvalue weighted by Crippen LogP contribution is -2.37. The highest BCUT2D eigenvalue weighted by atomic mass is 32.2. The molecule has 0 spiro atoms. The molecular weight excluding hydrogens is 421 g/mol. The monoisotopic (exact) mass is 445 g/mol. The normalized spacial score (nSPS) is 15.2. The van der Waals surface area contributed by atoms with Crippen LogP contribution in [-0.4, -0.2) is 43.5 Å². The molecule has 162 valence electrons. The maximum absolute atomic E-state index is 14.8. The SMILES string of the molecule is O=S1CCN(Cc2cnn(-c3ccc(-c4ccccc4)cc3)c2-c2ccccc2F)CC1. The van der Waals surface area contributed by atoms with Gasteiger partial charge in [-0.15, -0.1) is 0 Å². The van der Waals surface area contributed by atoms with Crippen molar-refractivity contribution in [3.8, 4) is 28.1 Å². The standard InChI is InChI=1S/C26H24FN3OS/c27-25-9-5-4-8-24(25)26-22(19-29-14-16-32(31)17-15-29)18-28-30(26)23-12-10-21(11-13-23)20-6-2-1-3-7-20/h1-13,18H,14-17,19H2. The highest BCUT2D eigenvalue weighted by Gasteiger charge is 2.21. The first-order chi connectivity index (χ1) is 15.7. The molecule has 4 aromatic rings. The second-order valence-corrected chi connectivity index (χ2v) is 9.64. The van der Waals surface area contributed by atoms with Crippen molar-refractivity contribution >= 4 is 10.8 Å². The van der Waals surface area contributed by atoms with E-state index in [1.54, 1.807) is 12.1 Å². The van der Waals surface area contributed by atoms with Gasteiger partial charge < -0.3 is 0 Å². The predicted molar refractivity (Wildman–Crippen MR) is 128 cm³/mol. The molecule has 1 aliphatic rings. The van der Waals surface area contributed by atoms with E-state index in [9.17, 15) is 8.60 Å². The molecule has 0 atom stereocenters. The summed E-state index contributed by atoms with van der Waals surface area (Å²) in [5.74, 6) is 1.10. The largest absolute Gasteiger partial charge is 0.297 e. The van der Waals surface area contributed by atoms with E-state index in [1.165, 1.54) is 6.07 Å². The van der Waals surface area contributed by atoms with Crippen molar-refractivity contribution in [1.82, 2.24) is 14.7 Å². The Morgan fingerprint density at radius 2 is 1.50 bits per heavy atom. The Balaban J connectivity index is 1.53. The van der Waals surface area contributed by atoms with Crippen LogP contribution in [0, 0.1) is 5.82 Å². The molecule has 3 aromatic carbocycles. The lowest BCUT2D eigenvalue weighted by atomic mass is 10.0. The molecule has 32 heavy (non-hydrogen) atoms. The molecule has 0 unspecified atom stereocenters. The van der Waals surface area contributed by atoms with E-state index in [1.807, 2.05) is 47.3 Å². The van der Waals surface area contributed by atoms with Crippen molar-refractivity contribution in [2.45, 2.75) is 6.54 Å². The minimum atomic E-state index is -0.729. The van der Waals surface area contributed by atoms with Gasteiger partial charge in [-0.3, -0.25) is 9.11 Å². The van der Waals surface area contributed by atoms with E-state index >= 15 is 0 Å². The zero-order chi connectivity index (χ0) is 21.9. The van der Waals surface area contributed by atoms with Gasteiger partial charge in [0.15, 0.2) is 0 Å². The summed E-state index contributed by atoms with van der Waals surface area (Å²) in [6, 6.07) is 25.2. The van der Waals surface area contributed by atoms with E-state index in [0.29, 0.717) is 23.6 Å². The number of nitrogens with zero attached hydrogens (tertiary/aromatic N) is 3. The second kappa shape index (κ2) is 9.18. The summed E-state index contributed by atoms with van der Waals surface area (Å²) in [6.07, 6.45) is 1.83. The van der Waals surface area contributed by atoms with Crippen molar-refractivity contribution in [3.63, 3.8) is 0 Å². The lowest BCUT2D eigenvalue weighted by molar-refractivity contribution is 0.292. The first-order valence-corrected chi connectivity index (χ1v) is 12.2. The third kappa shape index (κ3) is 4.29. The fourth-order valence-electron chi connectivity index (χ4n) is 4.13. The number of hydrogen-bond donors (Lipinski definition) is 0. The first-order valence-electron chi connectivity index (χ1n) is 10.7. The van der Waals surface area contributed by atoms with Crippen molar-refractivity contribution in [3.05, 3.63) is 96.4 Å². The highest BCUT2D eigenvalue weighted by Crippen LogP contribution is 2.31. The summed E-state index contributed by atoms with van der Waals surface area (Å²) < 4.78 is 28.4. The number of halogens is 1. The van der Waals surface area contributed by atoms with Gasteiger partial charge in [0.2, 0.25) is 0 Å². The Bertz CT molecular complexity index is 1230. The molecule has 0 amide bonds. The van der Waals surface area contributed by atoms with Gasteiger partial charge in [-0.25, -0.2) is 9.07 Å². The third-order valence-corrected chi connectivity index (χ3v) is 7.13. The zero-order valence-corrected chi connectivity index (χ0v) is 18.5. The summed E-state index contributed by atoms with van der Waals surface area (Å²) in [5, 5.41) is 4.65. The summed E-state index contributed by atoms with van der Waals surface area (Å²) in [6.45, 7) is 2.21. The minimum Gasteiger partial charge on any atom is -0.297 e. The van der Waals surface area contributed by atoms with Crippen LogP contribution in [0.25, 0.3) is 28.1 Å². The van der Waals surface area contributed by atoms with Crippen molar-refractivity contribution < 1.29 is 8.60 Å². The van der Waals surface area contributed by atoms with Crippen LogP contribution in [0.2, 0.25) is 0 Å². The number of rotatable bonds is 5. The average molecular weight is 446 g/mol. The van der Waals surface area contributed by atoms with Crippen LogP contribution in [0.15, 0.2) is 85.1 Å². The molecule has 0 saturated carbocycles. The molecular formula is C26H24FN3OS. The molecule has 0 N–H and O–H groups in total. The Morgan fingerprint density at radius 1 is 0.844 bits per heavy atom. The predicted octanol–water partition coefficient (Wildman–Crippen LogP) is 4.91. The summed E-state index contributed by atoms with van der Waals surface area (Å²) >= 11 is 0. The topological polar surface area (TPSA) is 38.1 Å². The minimum absolute atomic E-state index is 0.267. The van der Waals surface area contributed by atoms with Gasteiger partial charge >= 0.3 is 0 Å². The smallest absolute Gasteiger partial charge is 0.132 e. The fraction of sp³-hybridized carbons (Fsp3) is 0.192. The molecule has 0 bridgehead atoms. The van der Waals surface area contributed by atoms with Gasteiger partial charge in [-0.2, -0.15) is 5.10 Å². The summed E-state index contributed by atoms with van der Waals surface area (Å²) in [7, 11) is -0.729. The van der Waals surface area contributed by atoms with Crippen molar-refractivity contribution in [2.24, 2.45) is 0 Å². The van der Waals surface area contributed by atoms with E-state index in [-0.39, 0.29) is 5.82 Å². The molecule has 1 aromatic heterocycles. The van der Waals surface area contributed by atoms with Gasteiger partial charge in [0, 0.05) is 53.1 Å². The Morgan fingerprint density at radius 3 is 2.22 bits per heavy atom. The van der Waals surface area contributed by atoms with Crippen LogP contribution in [0.3, 0.4) is 0 Å². The molecule has 0 radical (unpaired) electrons. The Kier molecular flexibility index (Phi) is 5.97. The van der Waals surface area contributed by atoms with Crippen LogP contribution in [-0.2, 0) is 17.3 Å². The highest BCUT2D eigenvalue weighted by molar-refractivity contribution is 7.85. The lowest BCUT2D eigenvalue weighted by Gasteiger charge is -2.26. The molecule has 1 fully saturated rings. The van der Waals surface area contributed by atoms with E-state index in [4.69, 9.17) is 0 Å². The third-order valence-electron chi connectivity index (χ3n) is 5.86. The van der Waals surface area contributed by atoms with Crippen LogP contribution in [0.1, 0.15) is 5.56 Å².